The van der Waals surface area contributed by atoms with Gasteiger partial charge in [0.15, 0.2) is 0 Å². The second-order valence-electron chi connectivity index (χ2n) is 14.0. The average Bonchev–Trinajstić information content (AvgIpc) is 3.59. The predicted molar refractivity (Wildman–Crippen MR) is 185 cm³/mol. The third-order valence-corrected chi connectivity index (χ3v) is 10.0. The summed E-state index contributed by atoms with van der Waals surface area (Å²) in [4.78, 5) is 7.35. The fraction of sp³-hybridized carbons (Fsp3) is 0.514. The quantitative estimate of drug-likeness (QED) is 0.0476. The van der Waals surface area contributed by atoms with E-state index in [1.165, 1.54) is 7.05 Å². The molecular weight excluding hydrogens is 729 g/mol. The third kappa shape index (κ3) is 10.9. The number of pyridine rings is 1. The third-order valence-electron chi connectivity index (χ3n) is 10.0. The molecule has 1 atom stereocenters. The Kier molecular flexibility index (Phi) is 12.9. The lowest BCUT2D eigenvalue weighted by Gasteiger charge is -2.38. The van der Waals surface area contributed by atoms with Crippen LogP contribution in [0.25, 0.3) is 0 Å². The molecule has 3 aromatic rings. The van der Waals surface area contributed by atoms with Gasteiger partial charge in [0.1, 0.15) is 5.82 Å². The first-order valence-corrected chi connectivity index (χ1v) is 17.7. The number of guanidine groups is 1. The summed E-state index contributed by atoms with van der Waals surface area (Å²) in [5.41, 5.74) is 2.69. The standard InChI is InChI=1S/C37H44F9N7O/c1-51(48)50-34(47)52(21-26-16-29(35(38,39)40)19-30(17-26)36(41,42)43)22-28-18-31(37(44,45)46)20-49-33(28)53-14-5-8-32(53)27-11-9-24(10-12-27)13-15-54-23-25-6-3-2-4-7-25/h2-4,6-7,16-20,24,27,32H,5,8-15,21-23,48H2,1H3,(H2,47,50)/t24?,27?,32-/m1/s1. The van der Waals surface area contributed by atoms with Crippen molar-refractivity contribution < 1.29 is 44.3 Å². The first kappa shape index (κ1) is 40.9. The number of halogens is 9. The fourth-order valence-corrected chi connectivity index (χ4v) is 7.43. The molecule has 0 bridgehead atoms. The molecule has 4 N–H and O–H groups in total. The van der Waals surface area contributed by atoms with Crippen molar-refractivity contribution in [3.63, 3.8) is 0 Å². The molecule has 17 heteroatoms. The van der Waals surface area contributed by atoms with Gasteiger partial charge in [0.05, 0.1) is 23.3 Å². The van der Waals surface area contributed by atoms with E-state index in [0.717, 1.165) is 72.8 Å². The van der Waals surface area contributed by atoms with Crippen LogP contribution in [0.15, 0.2) is 65.9 Å². The number of rotatable bonds is 12. The zero-order chi connectivity index (χ0) is 39.3. The van der Waals surface area contributed by atoms with E-state index in [1.807, 2.05) is 35.2 Å². The van der Waals surface area contributed by atoms with Crippen LogP contribution in [0.3, 0.4) is 0 Å². The molecular formula is C37H44F9N7O. The van der Waals surface area contributed by atoms with E-state index < -0.39 is 59.8 Å². The van der Waals surface area contributed by atoms with Gasteiger partial charge in [0.25, 0.3) is 0 Å². The minimum atomic E-state index is -5.11. The zero-order valence-corrected chi connectivity index (χ0v) is 29.7. The molecule has 8 nitrogen and oxygen atoms in total. The Balaban J connectivity index is 1.38. The lowest BCUT2D eigenvalue weighted by molar-refractivity contribution is -0.143. The summed E-state index contributed by atoms with van der Waals surface area (Å²) in [6, 6.07) is 11.8. The molecule has 1 aliphatic heterocycles. The Hall–Kier alpha value is -4.25. The minimum absolute atomic E-state index is 0.00538. The molecule has 1 saturated heterocycles. The van der Waals surface area contributed by atoms with Crippen LogP contribution >= 0.6 is 0 Å². The largest absolute Gasteiger partial charge is 0.417 e. The summed E-state index contributed by atoms with van der Waals surface area (Å²) in [5, 5.41) is 4.64. The highest BCUT2D eigenvalue weighted by atomic mass is 19.4. The minimum Gasteiger partial charge on any atom is -0.377 e. The molecule has 296 valence electrons. The summed E-state index contributed by atoms with van der Waals surface area (Å²) >= 11 is 0. The number of hydrogen-bond acceptors (Lipinski definition) is 6. The lowest BCUT2D eigenvalue weighted by Crippen LogP contribution is -2.41. The maximum absolute atomic E-state index is 14.0. The summed E-state index contributed by atoms with van der Waals surface area (Å²) in [7, 11) is 1.27. The van der Waals surface area contributed by atoms with Gasteiger partial charge in [0, 0.05) is 51.1 Å². The number of nitrogens with zero attached hydrogens (tertiary/aromatic N) is 5. The average molecular weight is 774 g/mol. The van der Waals surface area contributed by atoms with E-state index in [4.69, 9.17) is 16.3 Å². The molecule has 1 saturated carbocycles. The molecule has 2 aromatic carbocycles. The highest BCUT2D eigenvalue weighted by molar-refractivity contribution is 5.78. The maximum atomic E-state index is 14.0. The van der Waals surface area contributed by atoms with Gasteiger partial charge in [-0.3, -0.25) is 0 Å². The number of anilines is 1. The smallest absolute Gasteiger partial charge is 0.377 e. The molecule has 0 spiro atoms. The number of hydrogen-bond donors (Lipinski definition) is 2. The highest BCUT2D eigenvalue weighted by Gasteiger charge is 2.39. The Morgan fingerprint density at radius 2 is 1.46 bits per heavy atom. The van der Waals surface area contributed by atoms with Crippen LogP contribution in [0.5, 0.6) is 0 Å². The van der Waals surface area contributed by atoms with Crippen LogP contribution in [0.4, 0.5) is 45.3 Å². The lowest BCUT2D eigenvalue weighted by atomic mass is 9.77. The van der Waals surface area contributed by atoms with Gasteiger partial charge in [-0.2, -0.15) is 39.5 Å². The van der Waals surface area contributed by atoms with Crippen LogP contribution < -0.4 is 16.5 Å². The van der Waals surface area contributed by atoms with Gasteiger partial charge in [-0.15, -0.1) is 5.10 Å². The molecule has 1 aromatic heterocycles. The summed E-state index contributed by atoms with van der Waals surface area (Å²) in [6.45, 7) is 0.531. The van der Waals surface area contributed by atoms with Gasteiger partial charge >= 0.3 is 18.5 Å². The maximum Gasteiger partial charge on any atom is 0.417 e. The highest BCUT2D eigenvalue weighted by Crippen LogP contribution is 2.42. The fourth-order valence-electron chi connectivity index (χ4n) is 7.43. The van der Waals surface area contributed by atoms with Crippen LogP contribution in [0, 0.1) is 11.8 Å². The Morgan fingerprint density at radius 3 is 2.06 bits per heavy atom. The first-order valence-electron chi connectivity index (χ1n) is 17.7. The van der Waals surface area contributed by atoms with E-state index in [2.05, 4.69) is 10.1 Å². The van der Waals surface area contributed by atoms with E-state index in [0.29, 0.717) is 37.8 Å². The van der Waals surface area contributed by atoms with Gasteiger partial charge in [-0.05, 0) is 79.3 Å². The van der Waals surface area contributed by atoms with Gasteiger partial charge in [-0.1, -0.05) is 43.2 Å². The van der Waals surface area contributed by atoms with Crippen molar-refractivity contribution >= 4 is 11.8 Å². The monoisotopic (exact) mass is 773 g/mol. The van der Waals surface area contributed by atoms with Crippen molar-refractivity contribution in [2.24, 2.45) is 28.5 Å². The van der Waals surface area contributed by atoms with Crippen molar-refractivity contribution in [3.05, 3.63) is 94.2 Å². The molecule has 2 aliphatic rings. The molecule has 1 aliphatic carbocycles. The molecule has 54 heavy (non-hydrogen) atoms. The molecule has 0 radical (unpaired) electrons. The predicted octanol–water partition coefficient (Wildman–Crippen LogP) is 8.56. The van der Waals surface area contributed by atoms with Gasteiger partial charge in [-0.25, -0.2) is 15.9 Å². The van der Waals surface area contributed by atoms with Crippen LogP contribution in [-0.2, 0) is 43.0 Å². The van der Waals surface area contributed by atoms with Crippen molar-refractivity contribution in [1.82, 2.24) is 15.0 Å². The normalized spacial score (nSPS) is 20.0. The van der Waals surface area contributed by atoms with Gasteiger partial charge < -0.3 is 20.3 Å². The molecule has 0 unspecified atom stereocenters. The second-order valence-corrected chi connectivity index (χ2v) is 14.0. The van der Waals surface area contributed by atoms with Crippen LogP contribution in [-0.4, -0.2) is 47.2 Å². The molecule has 2 fully saturated rings. The number of alkyl halides is 9. The van der Waals surface area contributed by atoms with Crippen molar-refractivity contribution in [2.75, 3.05) is 25.1 Å². The zero-order valence-electron chi connectivity index (χ0n) is 29.7. The first-order chi connectivity index (χ1) is 25.4. The Morgan fingerprint density at radius 1 is 0.833 bits per heavy atom. The summed E-state index contributed by atoms with van der Waals surface area (Å²) < 4.78 is 130. The number of benzene rings is 2. The molecule has 5 rings (SSSR count). The Labute approximate surface area is 307 Å². The Bertz CT molecular complexity index is 1670. The molecule has 2 heterocycles. The van der Waals surface area contributed by atoms with Crippen molar-refractivity contribution in [3.8, 4) is 0 Å². The summed E-state index contributed by atoms with van der Waals surface area (Å²) in [5.74, 6) is 6.14. The van der Waals surface area contributed by atoms with E-state index in [9.17, 15) is 39.5 Å². The van der Waals surface area contributed by atoms with Crippen LogP contribution in [0.1, 0.15) is 78.3 Å². The topological polar surface area (TPSA) is 96.2 Å². The summed E-state index contributed by atoms with van der Waals surface area (Å²) in [6.07, 6.45) is -8.06. The number of hydrazine groups is 1. The van der Waals surface area contributed by atoms with E-state index in [-0.39, 0.29) is 29.4 Å². The second kappa shape index (κ2) is 17.0. The van der Waals surface area contributed by atoms with Crippen molar-refractivity contribution in [2.45, 2.75) is 89.2 Å². The number of hydrazone groups is 1. The van der Waals surface area contributed by atoms with E-state index in [1.54, 1.807) is 0 Å². The number of ether oxygens (including phenoxy) is 1. The SMILES string of the molecule is CN(N)/N=C(\N)N(Cc1cc(C(F)(F)F)cc(C(F)(F)F)c1)Cc1cc(C(F)(F)F)cnc1N1CCC[C@@H]1C1CCC(CCOCc2ccccc2)CC1. The van der Waals surface area contributed by atoms with Crippen LogP contribution in [0.2, 0.25) is 0 Å². The number of nitrogens with two attached hydrogens (primary N) is 2. The van der Waals surface area contributed by atoms with Crippen molar-refractivity contribution in [1.29, 1.82) is 0 Å². The molecule has 0 amide bonds. The van der Waals surface area contributed by atoms with E-state index >= 15 is 0 Å². The number of aromatic nitrogens is 1. The van der Waals surface area contributed by atoms with Gasteiger partial charge in [0.2, 0.25) is 5.96 Å².